The normalized spacial score (nSPS) is 16.8. The number of ether oxygens (including phenoxy) is 3. The molecule has 4 aromatic carbocycles. The largest absolute Gasteiger partial charge is 0.429 e. The molecule has 0 amide bonds. The predicted molar refractivity (Wildman–Crippen MR) is 163 cm³/mol. The summed E-state index contributed by atoms with van der Waals surface area (Å²) >= 11 is 1.52. The van der Waals surface area contributed by atoms with Crippen LogP contribution in [0.5, 0.6) is 5.75 Å². The van der Waals surface area contributed by atoms with Crippen molar-refractivity contribution in [3.05, 3.63) is 113 Å². The van der Waals surface area contributed by atoms with Crippen molar-refractivity contribution in [1.82, 2.24) is 0 Å². The maximum Gasteiger partial charge on any atom is 0.429 e. The molecule has 0 bridgehead atoms. The molecule has 2 unspecified atom stereocenters. The van der Waals surface area contributed by atoms with Crippen LogP contribution in [0.2, 0.25) is 0 Å². The van der Waals surface area contributed by atoms with Gasteiger partial charge in [-0.25, -0.2) is 26.3 Å². The van der Waals surface area contributed by atoms with Gasteiger partial charge in [-0.3, -0.25) is 0 Å². The minimum Gasteiger partial charge on any atom is -0.429 e. The molecule has 1 saturated heterocycles. The van der Waals surface area contributed by atoms with E-state index in [1.54, 1.807) is 6.07 Å². The van der Waals surface area contributed by atoms with Gasteiger partial charge in [0, 0.05) is 35.5 Å². The van der Waals surface area contributed by atoms with Crippen LogP contribution in [0.1, 0.15) is 42.7 Å². The second-order valence-electron chi connectivity index (χ2n) is 11.1. The maximum atomic E-state index is 15.2. The van der Waals surface area contributed by atoms with Crippen LogP contribution < -0.4 is 4.74 Å². The highest BCUT2D eigenvalue weighted by molar-refractivity contribution is 7.99. The third kappa shape index (κ3) is 8.28. The number of benzene rings is 4. The van der Waals surface area contributed by atoms with Gasteiger partial charge in [-0.15, -0.1) is 11.8 Å². The summed E-state index contributed by atoms with van der Waals surface area (Å²) in [4.78, 5) is 0. The number of thioether (sulfide) groups is 1. The standard InChI is InChI=1S/C35H30F8O3S/c1-2-3-4-11-44-17-20-18-45-34(47-19-20)22-5-8-25(28(36)13-22)21-6-10-27(30(38)12-21)35(42,43)46-24-7-9-26(29(37)16-24)23-14-31(39)33(41)32(40)15-23/h5-10,12-16,20,34H,2-4,11,17-19H2,1H3. The molecule has 1 heterocycles. The molecule has 1 aliphatic heterocycles. The van der Waals surface area contributed by atoms with Gasteiger partial charge in [-0.1, -0.05) is 38.0 Å². The summed E-state index contributed by atoms with van der Waals surface area (Å²) in [5.41, 5.74) is -1.84. The van der Waals surface area contributed by atoms with E-state index in [0.717, 1.165) is 55.3 Å². The van der Waals surface area contributed by atoms with Crippen LogP contribution >= 0.6 is 11.8 Å². The molecule has 1 aliphatic rings. The Balaban J connectivity index is 1.24. The smallest absolute Gasteiger partial charge is 0.429 e. The molecule has 0 aromatic heterocycles. The van der Waals surface area contributed by atoms with Crippen LogP contribution in [0.15, 0.2) is 66.7 Å². The summed E-state index contributed by atoms with van der Waals surface area (Å²) in [6.45, 7) is 3.88. The Labute approximate surface area is 270 Å². The van der Waals surface area contributed by atoms with E-state index in [-0.39, 0.29) is 22.6 Å². The van der Waals surface area contributed by atoms with Crippen LogP contribution in [0.4, 0.5) is 35.1 Å². The van der Waals surface area contributed by atoms with Crippen molar-refractivity contribution < 1.29 is 49.3 Å². The lowest BCUT2D eigenvalue weighted by molar-refractivity contribution is -0.187. The predicted octanol–water partition coefficient (Wildman–Crippen LogP) is 10.6. The first kappa shape index (κ1) is 34.7. The van der Waals surface area contributed by atoms with Gasteiger partial charge >= 0.3 is 6.11 Å². The summed E-state index contributed by atoms with van der Waals surface area (Å²) in [7, 11) is 0. The topological polar surface area (TPSA) is 27.7 Å². The third-order valence-corrected chi connectivity index (χ3v) is 8.93. The lowest BCUT2D eigenvalue weighted by atomic mass is 10.0. The quantitative estimate of drug-likeness (QED) is 0.0845. The summed E-state index contributed by atoms with van der Waals surface area (Å²) < 4.78 is 132. The molecule has 5 rings (SSSR count). The number of alkyl halides is 2. The second kappa shape index (κ2) is 15.1. The van der Waals surface area contributed by atoms with Crippen molar-refractivity contribution in [3.8, 4) is 28.0 Å². The van der Waals surface area contributed by atoms with E-state index in [1.165, 1.54) is 23.9 Å². The Kier molecular flexibility index (Phi) is 11.1. The molecule has 2 atom stereocenters. The molecule has 0 aliphatic carbocycles. The van der Waals surface area contributed by atoms with Gasteiger partial charge in [0.25, 0.3) is 0 Å². The molecule has 47 heavy (non-hydrogen) atoms. The highest BCUT2D eigenvalue weighted by atomic mass is 32.2. The molecular formula is C35H30F8O3S. The van der Waals surface area contributed by atoms with Gasteiger partial charge in [0.15, 0.2) is 17.5 Å². The second-order valence-corrected chi connectivity index (χ2v) is 12.2. The average molecular weight is 683 g/mol. The fraction of sp³-hybridized carbons (Fsp3) is 0.314. The Bertz CT molecular complexity index is 1690. The van der Waals surface area contributed by atoms with Crippen LogP contribution in [0.25, 0.3) is 22.3 Å². The Hall–Kier alpha value is -3.61. The van der Waals surface area contributed by atoms with Gasteiger partial charge < -0.3 is 14.2 Å². The summed E-state index contributed by atoms with van der Waals surface area (Å²) in [6.07, 6.45) is -1.04. The van der Waals surface area contributed by atoms with E-state index >= 15 is 17.6 Å². The fourth-order valence-corrected chi connectivity index (χ4v) is 6.23. The zero-order chi connectivity index (χ0) is 33.7. The minimum atomic E-state index is -4.29. The molecule has 250 valence electrons. The van der Waals surface area contributed by atoms with Crippen LogP contribution in [-0.2, 0) is 15.6 Å². The monoisotopic (exact) mass is 682 g/mol. The van der Waals surface area contributed by atoms with Gasteiger partial charge in [-0.05, 0) is 65.6 Å². The van der Waals surface area contributed by atoms with Crippen molar-refractivity contribution in [2.75, 3.05) is 25.6 Å². The number of rotatable bonds is 12. The van der Waals surface area contributed by atoms with Crippen molar-refractivity contribution in [1.29, 1.82) is 0 Å². The molecule has 0 N–H and O–H groups in total. The fourth-order valence-electron chi connectivity index (χ4n) is 5.07. The van der Waals surface area contributed by atoms with Crippen molar-refractivity contribution in [3.63, 3.8) is 0 Å². The van der Waals surface area contributed by atoms with Gasteiger partial charge in [-0.2, -0.15) is 8.78 Å². The molecule has 3 nitrogen and oxygen atoms in total. The van der Waals surface area contributed by atoms with E-state index in [9.17, 15) is 17.6 Å². The Morgan fingerprint density at radius 1 is 0.766 bits per heavy atom. The van der Waals surface area contributed by atoms with E-state index in [0.29, 0.717) is 43.6 Å². The van der Waals surface area contributed by atoms with Gasteiger partial charge in [0.05, 0.1) is 18.8 Å². The number of halogens is 8. The minimum absolute atomic E-state index is 0.00207. The van der Waals surface area contributed by atoms with E-state index in [2.05, 4.69) is 11.7 Å². The first-order valence-electron chi connectivity index (χ1n) is 14.9. The molecule has 1 fully saturated rings. The lowest BCUT2D eigenvalue weighted by Gasteiger charge is -2.29. The first-order valence-corrected chi connectivity index (χ1v) is 15.9. The summed E-state index contributed by atoms with van der Waals surface area (Å²) in [5.74, 6) is -7.91. The molecule has 0 radical (unpaired) electrons. The number of hydrogen-bond donors (Lipinski definition) is 0. The molecular weight excluding hydrogens is 652 g/mol. The Morgan fingerprint density at radius 2 is 1.45 bits per heavy atom. The van der Waals surface area contributed by atoms with Crippen molar-refractivity contribution in [2.45, 2.75) is 37.7 Å². The molecule has 12 heteroatoms. The highest BCUT2D eigenvalue weighted by Gasteiger charge is 2.38. The zero-order valence-electron chi connectivity index (χ0n) is 25.1. The van der Waals surface area contributed by atoms with Crippen LogP contribution in [0, 0.1) is 40.8 Å². The average Bonchev–Trinajstić information content (AvgIpc) is 3.03. The Morgan fingerprint density at radius 3 is 2.09 bits per heavy atom. The number of hydrogen-bond acceptors (Lipinski definition) is 4. The third-order valence-electron chi connectivity index (χ3n) is 7.55. The number of unbranched alkanes of at least 4 members (excludes halogenated alkanes) is 2. The molecule has 0 spiro atoms. The zero-order valence-corrected chi connectivity index (χ0v) is 25.9. The molecule has 0 saturated carbocycles. The maximum absolute atomic E-state index is 15.2. The van der Waals surface area contributed by atoms with Gasteiger partial charge in [0.1, 0.15) is 28.6 Å². The van der Waals surface area contributed by atoms with E-state index < -0.39 is 63.3 Å². The molecule has 4 aromatic rings. The summed E-state index contributed by atoms with van der Waals surface area (Å²) in [5, 5.41) is 0. The van der Waals surface area contributed by atoms with E-state index in [4.69, 9.17) is 9.47 Å². The van der Waals surface area contributed by atoms with Crippen LogP contribution in [0.3, 0.4) is 0 Å². The summed E-state index contributed by atoms with van der Waals surface area (Å²) in [6, 6.07) is 10.3. The SMILES string of the molecule is CCCCCOCC1COC(c2ccc(-c3ccc(C(F)(F)Oc4ccc(-c5cc(F)c(F)c(F)c5)c(F)c4)c(F)c3)c(F)c2)SC1. The van der Waals surface area contributed by atoms with Crippen LogP contribution in [-0.4, -0.2) is 25.6 Å². The highest BCUT2D eigenvalue weighted by Crippen LogP contribution is 2.40. The lowest BCUT2D eigenvalue weighted by Crippen LogP contribution is -2.25. The van der Waals surface area contributed by atoms with Crippen molar-refractivity contribution in [2.24, 2.45) is 5.92 Å². The van der Waals surface area contributed by atoms with Gasteiger partial charge in [0.2, 0.25) is 0 Å². The first-order chi connectivity index (χ1) is 22.5. The van der Waals surface area contributed by atoms with Crippen molar-refractivity contribution >= 4 is 11.8 Å². The van der Waals surface area contributed by atoms with E-state index in [1.807, 2.05) is 0 Å².